The topological polar surface area (TPSA) is 39.1 Å². The van der Waals surface area contributed by atoms with E-state index >= 15 is 0 Å². The van der Waals surface area contributed by atoms with Crippen LogP contribution in [0.2, 0.25) is 0 Å². The van der Waals surface area contributed by atoms with Crippen molar-refractivity contribution in [3.8, 4) is 11.4 Å². The molecule has 1 aromatic carbocycles. The molecule has 0 atom stereocenters. The summed E-state index contributed by atoms with van der Waals surface area (Å²) in [5.41, 5.74) is 3.55. The fourth-order valence-corrected chi connectivity index (χ4v) is 2.99. The van der Waals surface area contributed by atoms with E-state index < -0.39 is 0 Å². The molecule has 0 spiro atoms. The summed E-state index contributed by atoms with van der Waals surface area (Å²) in [4.78, 5) is 0. The molecule has 4 nitrogen and oxygen atoms in total. The Morgan fingerprint density at radius 3 is 2.62 bits per heavy atom. The van der Waals surface area contributed by atoms with Crippen LogP contribution in [0.3, 0.4) is 0 Å². The Hall–Kier alpha value is -1.81. The molecule has 0 radical (unpaired) electrons. The highest BCUT2D eigenvalue weighted by molar-refractivity contribution is 5.39. The van der Waals surface area contributed by atoms with Gasteiger partial charge in [-0.25, -0.2) is 4.68 Å². The van der Waals surface area contributed by atoms with Crippen molar-refractivity contribution < 1.29 is 4.74 Å². The van der Waals surface area contributed by atoms with Gasteiger partial charge in [-0.1, -0.05) is 12.8 Å². The van der Waals surface area contributed by atoms with Crippen molar-refractivity contribution >= 4 is 0 Å². The lowest BCUT2D eigenvalue weighted by Crippen LogP contribution is -2.25. The van der Waals surface area contributed by atoms with Gasteiger partial charge in [-0.15, -0.1) is 0 Å². The molecule has 0 amide bonds. The van der Waals surface area contributed by atoms with E-state index in [1.807, 2.05) is 35.1 Å². The maximum absolute atomic E-state index is 5.20. The highest BCUT2D eigenvalue weighted by Gasteiger charge is 2.15. The van der Waals surface area contributed by atoms with Crippen molar-refractivity contribution in [3.05, 3.63) is 41.7 Å². The second-order valence-electron chi connectivity index (χ2n) is 5.73. The van der Waals surface area contributed by atoms with E-state index in [2.05, 4.69) is 17.3 Å². The van der Waals surface area contributed by atoms with E-state index in [-0.39, 0.29) is 0 Å². The molecule has 112 valence electrons. The highest BCUT2D eigenvalue weighted by Crippen LogP contribution is 2.20. The fraction of sp³-hybridized carbons (Fsp3) is 0.471. The zero-order valence-corrected chi connectivity index (χ0v) is 12.8. The molecule has 1 N–H and O–H groups in total. The molecule has 0 bridgehead atoms. The average Bonchev–Trinajstić information content (AvgIpc) is 3.15. The lowest BCUT2D eigenvalue weighted by atomic mass is 10.2. The zero-order valence-electron chi connectivity index (χ0n) is 12.8. The molecule has 1 fully saturated rings. The van der Waals surface area contributed by atoms with Crippen LogP contribution in [-0.4, -0.2) is 22.9 Å². The summed E-state index contributed by atoms with van der Waals surface area (Å²) >= 11 is 0. The predicted molar refractivity (Wildman–Crippen MR) is 83.9 cm³/mol. The Balaban J connectivity index is 1.71. The van der Waals surface area contributed by atoms with Crippen molar-refractivity contribution in [2.75, 3.05) is 7.11 Å². The molecule has 0 aliphatic heterocycles. The molecule has 4 heteroatoms. The number of rotatable bonds is 5. The second-order valence-corrected chi connectivity index (χ2v) is 5.73. The molecule has 0 unspecified atom stereocenters. The molecule has 1 aliphatic carbocycles. The predicted octanol–water partition coefficient (Wildman–Crippen LogP) is 3.22. The van der Waals surface area contributed by atoms with Gasteiger partial charge in [-0.05, 0) is 44.0 Å². The SMILES string of the molecule is COc1ccc(-n2ncc(CNC3CCCC3)c2C)cc1. The fourth-order valence-electron chi connectivity index (χ4n) is 2.99. The van der Waals surface area contributed by atoms with E-state index in [0.717, 1.165) is 18.0 Å². The molecular weight excluding hydrogens is 262 g/mol. The van der Waals surface area contributed by atoms with Gasteiger partial charge < -0.3 is 10.1 Å². The number of methoxy groups -OCH3 is 1. The van der Waals surface area contributed by atoms with Crippen molar-refractivity contribution in [2.45, 2.75) is 45.2 Å². The zero-order chi connectivity index (χ0) is 14.7. The first-order chi connectivity index (χ1) is 10.3. The lowest BCUT2D eigenvalue weighted by Gasteiger charge is -2.11. The van der Waals surface area contributed by atoms with Crippen molar-refractivity contribution in [2.24, 2.45) is 0 Å². The normalized spacial score (nSPS) is 15.5. The van der Waals surface area contributed by atoms with Crippen LogP contribution in [0.1, 0.15) is 36.9 Å². The maximum Gasteiger partial charge on any atom is 0.119 e. The van der Waals surface area contributed by atoms with Gasteiger partial charge in [0.05, 0.1) is 19.0 Å². The summed E-state index contributed by atoms with van der Waals surface area (Å²) in [6.07, 6.45) is 7.32. The van der Waals surface area contributed by atoms with Crippen molar-refractivity contribution in [1.82, 2.24) is 15.1 Å². The van der Waals surface area contributed by atoms with E-state index in [4.69, 9.17) is 4.74 Å². The molecule has 2 aromatic rings. The van der Waals surface area contributed by atoms with E-state index in [9.17, 15) is 0 Å². The van der Waals surface area contributed by atoms with Gasteiger partial charge in [-0.2, -0.15) is 5.10 Å². The van der Waals surface area contributed by atoms with Crippen LogP contribution in [-0.2, 0) is 6.54 Å². The van der Waals surface area contributed by atoms with E-state index in [1.54, 1.807) is 7.11 Å². The number of nitrogens with zero attached hydrogens (tertiary/aromatic N) is 2. The Labute approximate surface area is 126 Å². The minimum atomic E-state index is 0.689. The van der Waals surface area contributed by atoms with Gasteiger partial charge >= 0.3 is 0 Å². The molecular formula is C17H23N3O. The van der Waals surface area contributed by atoms with Crippen LogP contribution >= 0.6 is 0 Å². The largest absolute Gasteiger partial charge is 0.497 e. The standard InChI is InChI=1S/C17H23N3O/c1-13-14(11-18-15-5-3-4-6-15)12-19-20(13)16-7-9-17(21-2)10-8-16/h7-10,12,15,18H,3-6,11H2,1-2H3. The average molecular weight is 285 g/mol. The summed E-state index contributed by atoms with van der Waals surface area (Å²) in [6.45, 7) is 3.04. The van der Waals surface area contributed by atoms with Crippen LogP contribution in [0.4, 0.5) is 0 Å². The van der Waals surface area contributed by atoms with Gasteiger partial charge in [0.25, 0.3) is 0 Å². The number of nitrogens with one attached hydrogen (secondary N) is 1. The summed E-state index contributed by atoms with van der Waals surface area (Å²) in [5, 5.41) is 8.17. The van der Waals surface area contributed by atoms with Crippen molar-refractivity contribution in [1.29, 1.82) is 0 Å². The molecule has 1 saturated carbocycles. The molecule has 21 heavy (non-hydrogen) atoms. The minimum absolute atomic E-state index is 0.689. The van der Waals surface area contributed by atoms with Crippen LogP contribution in [0, 0.1) is 6.92 Å². The third kappa shape index (κ3) is 3.10. The number of ether oxygens (including phenoxy) is 1. The third-order valence-electron chi connectivity index (χ3n) is 4.36. The monoisotopic (exact) mass is 285 g/mol. The highest BCUT2D eigenvalue weighted by atomic mass is 16.5. The first kappa shape index (κ1) is 14.1. The smallest absolute Gasteiger partial charge is 0.119 e. The molecule has 1 aliphatic rings. The number of aromatic nitrogens is 2. The quantitative estimate of drug-likeness (QED) is 0.916. The van der Waals surface area contributed by atoms with Gasteiger partial charge in [-0.3, -0.25) is 0 Å². The summed E-state index contributed by atoms with van der Waals surface area (Å²) < 4.78 is 7.19. The Morgan fingerprint density at radius 1 is 1.24 bits per heavy atom. The first-order valence-electron chi connectivity index (χ1n) is 7.69. The Bertz CT molecular complexity index is 583. The minimum Gasteiger partial charge on any atom is -0.497 e. The van der Waals surface area contributed by atoms with Crippen LogP contribution in [0.15, 0.2) is 30.5 Å². The Morgan fingerprint density at radius 2 is 1.95 bits per heavy atom. The van der Waals surface area contributed by atoms with Crippen LogP contribution < -0.4 is 10.1 Å². The molecule has 1 aromatic heterocycles. The Kier molecular flexibility index (Phi) is 4.25. The number of benzene rings is 1. The van der Waals surface area contributed by atoms with Crippen LogP contribution in [0.5, 0.6) is 5.75 Å². The van der Waals surface area contributed by atoms with Gasteiger partial charge in [0.15, 0.2) is 0 Å². The molecule has 0 saturated heterocycles. The van der Waals surface area contributed by atoms with Crippen molar-refractivity contribution in [3.63, 3.8) is 0 Å². The first-order valence-corrected chi connectivity index (χ1v) is 7.69. The summed E-state index contributed by atoms with van der Waals surface area (Å²) in [5.74, 6) is 0.867. The van der Waals surface area contributed by atoms with Gasteiger partial charge in [0.2, 0.25) is 0 Å². The van der Waals surface area contributed by atoms with E-state index in [1.165, 1.54) is 36.9 Å². The molecule has 1 heterocycles. The van der Waals surface area contributed by atoms with Crippen LogP contribution in [0.25, 0.3) is 5.69 Å². The summed E-state index contributed by atoms with van der Waals surface area (Å²) in [6, 6.07) is 8.69. The second kappa shape index (κ2) is 6.31. The maximum atomic E-state index is 5.20. The summed E-state index contributed by atoms with van der Waals surface area (Å²) in [7, 11) is 1.68. The van der Waals surface area contributed by atoms with Gasteiger partial charge in [0, 0.05) is 23.8 Å². The number of hydrogen-bond donors (Lipinski definition) is 1. The lowest BCUT2D eigenvalue weighted by molar-refractivity contribution is 0.414. The third-order valence-corrected chi connectivity index (χ3v) is 4.36. The van der Waals surface area contributed by atoms with Gasteiger partial charge in [0.1, 0.15) is 5.75 Å². The molecule has 3 rings (SSSR count). The van der Waals surface area contributed by atoms with E-state index in [0.29, 0.717) is 6.04 Å². The number of hydrogen-bond acceptors (Lipinski definition) is 3.